The van der Waals surface area contributed by atoms with Crippen molar-refractivity contribution in [1.82, 2.24) is 0 Å². The maximum absolute atomic E-state index is 6.95. The highest BCUT2D eigenvalue weighted by molar-refractivity contribution is 5.41. The number of rotatable bonds is 16. The summed E-state index contributed by atoms with van der Waals surface area (Å²) in [6.45, 7) is 4.58. The Kier molecular flexibility index (Phi) is 14.2. The van der Waals surface area contributed by atoms with Gasteiger partial charge in [-0.25, -0.2) is 0 Å². The molecular formula is C29H47NO. The zero-order valence-electron chi connectivity index (χ0n) is 20.1. The largest absolute Gasteiger partial charge is 0.412 e. The lowest BCUT2D eigenvalue weighted by Crippen LogP contribution is -2.46. The molecule has 0 aliphatic rings. The number of nitrogens with two attached hydrogens (primary N) is 1. The van der Waals surface area contributed by atoms with E-state index in [0.717, 1.165) is 12.8 Å². The van der Waals surface area contributed by atoms with Crippen LogP contribution >= 0.6 is 0 Å². The molecule has 31 heavy (non-hydrogen) atoms. The minimum atomic E-state index is -0.0962. The van der Waals surface area contributed by atoms with Crippen LogP contribution in [0.3, 0.4) is 0 Å². The van der Waals surface area contributed by atoms with Crippen molar-refractivity contribution < 1.29 is 5.48 Å². The van der Waals surface area contributed by atoms with E-state index in [-0.39, 0.29) is 16.9 Å². The lowest BCUT2D eigenvalue weighted by Gasteiger charge is -2.40. The predicted octanol–water partition coefficient (Wildman–Crippen LogP) is 7.59. The highest BCUT2D eigenvalue weighted by Crippen LogP contribution is 2.39. The second-order valence-corrected chi connectivity index (χ2v) is 8.99. The molecule has 1 atom stereocenters. The Morgan fingerprint density at radius 3 is 1.39 bits per heavy atom. The van der Waals surface area contributed by atoms with Gasteiger partial charge in [0, 0.05) is 11.5 Å². The quantitative estimate of drug-likeness (QED) is 0.277. The standard InChI is InChI=1S/C29H45N.H2O/c1-3-5-6-7-8-9-10-11-12-13-20-25-28(30)29(4-2,26-21-16-14-17-22-26)27-23-18-15-19-24-27;/h14-19,21-24,28H,3-13,20,25,30H2,1-2H3;1H2. The van der Waals surface area contributed by atoms with Crippen molar-refractivity contribution in [2.24, 2.45) is 5.73 Å². The molecule has 2 aromatic carbocycles. The Labute approximate surface area is 192 Å². The summed E-state index contributed by atoms with van der Waals surface area (Å²) in [5.41, 5.74) is 9.56. The molecule has 2 nitrogen and oxygen atoms in total. The fourth-order valence-electron chi connectivity index (χ4n) is 5.01. The van der Waals surface area contributed by atoms with Gasteiger partial charge in [-0.1, -0.05) is 145 Å². The highest BCUT2D eigenvalue weighted by atomic mass is 16.0. The van der Waals surface area contributed by atoms with Crippen LogP contribution in [0.25, 0.3) is 0 Å². The van der Waals surface area contributed by atoms with Crippen LogP contribution < -0.4 is 5.73 Å². The van der Waals surface area contributed by atoms with E-state index in [2.05, 4.69) is 74.5 Å². The van der Waals surface area contributed by atoms with E-state index in [1.54, 1.807) is 0 Å². The van der Waals surface area contributed by atoms with Gasteiger partial charge in [0.25, 0.3) is 0 Å². The number of unbranched alkanes of at least 4 members (excludes halogenated alkanes) is 10. The van der Waals surface area contributed by atoms with Gasteiger partial charge in [0.05, 0.1) is 0 Å². The van der Waals surface area contributed by atoms with E-state index in [1.807, 2.05) is 0 Å². The fraction of sp³-hybridized carbons (Fsp3) is 0.586. The molecular weight excluding hydrogens is 378 g/mol. The van der Waals surface area contributed by atoms with Crippen molar-refractivity contribution in [3.63, 3.8) is 0 Å². The van der Waals surface area contributed by atoms with Crippen LogP contribution in [0.2, 0.25) is 0 Å². The van der Waals surface area contributed by atoms with Crippen molar-refractivity contribution in [3.05, 3.63) is 71.8 Å². The molecule has 0 saturated carbocycles. The minimum Gasteiger partial charge on any atom is -0.412 e. The first-order chi connectivity index (χ1) is 14.8. The van der Waals surface area contributed by atoms with E-state index in [1.165, 1.54) is 81.8 Å². The van der Waals surface area contributed by atoms with Gasteiger partial charge in [0.15, 0.2) is 0 Å². The zero-order valence-corrected chi connectivity index (χ0v) is 20.1. The summed E-state index contributed by atoms with van der Waals surface area (Å²) in [4.78, 5) is 0. The van der Waals surface area contributed by atoms with Gasteiger partial charge < -0.3 is 11.2 Å². The molecule has 0 aliphatic heterocycles. The fourth-order valence-corrected chi connectivity index (χ4v) is 5.01. The molecule has 0 aliphatic carbocycles. The smallest absolute Gasteiger partial charge is 0.0351 e. The van der Waals surface area contributed by atoms with E-state index in [0.29, 0.717) is 0 Å². The SMILES string of the molecule is CCCCCCCCCCCCCC(N)C(CC)(c1ccccc1)c1ccccc1.O. The molecule has 4 N–H and O–H groups in total. The third kappa shape index (κ3) is 8.43. The lowest BCUT2D eigenvalue weighted by atomic mass is 9.66. The van der Waals surface area contributed by atoms with Crippen molar-refractivity contribution >= 4 is 0 Å². The Hall–Kier alpha value is -1.64. The molecule has 0 saturated heterocycles. The monoisotopic (exact) mass is 425 g/mol. The van der Waals surface area contributed by atoms with E-state index in [4.69, 9.17) is 5.73 Å². The molecule has 0 amide bonds. The van der Waals surface area contributed by atoms with Crippen molar-refractivity contribution in [2.75, 3.05) is 0 Å². The van der Waals surface area contributed by atoms with Crippen molar-refractivity contribution in [2.45, 2.75) is 109 Å². The molecule has 2 aromatic rings. The third-order valence-electron chi connectivity index (χ3n) is 6.89. The van der Waals surface area contributed by atoms with Gasteiger partial charge in [0.1, 0.15) is 0 Å². The maximum Gasteiger partial charge on any atom is 0.0351 e. The second-order valence-electron chi connectivity index (χ2n) is 8.99. The molecule has 0 heterocycles. The minimum absolute atomic E-state index is 0. The second kappa shape index (κ2) is 16.1. The molecule has 0 spiro atoms. The van der Waals surface area contributed by atoms with E-state index >= 15 is 0 Å². The first kappa shape index (κ1) is 27.4. The van der Waals surface area contributed by atoms with Gasteiger partial charge in [0.2, 0.25) is 0 Å². The normalized spacial score (nSPS) is 12.4. The van der Waals surface area contributed by atoms with Crippen LogP contribution in [0.4, 0.5) is 0 Å². The zero-order chi connectivity index (χ0) is 21.5. The van der Waals surface area contributed by atoms with Crippen LogP contribution in [0.1, 0.15) is 108 Å². The first-order valence-corrected chi connectivity index (χ1v) is 12.6. The molecule has 0 radical (unpaired) electrons. The topological polar surface area (TPSA) is 57.5 Å². The Morgan fingerprint density at radius 2 is 1.00 bits per heavy atom. The number of hydrogen-bond donors (Lipinski definition) is 1. The van der Waals surface area contributed by atoms with Crippen LogP contribution in [-0.2, 0) is 5.41 Å². The summed E-state index contributed by atoms with van der Waals surface area (Å²) in [5, 5.41) is 0. The van der Waals surface area contributed by atoms with Gasteiger partial charge >= 0.3 is 0 Å². The van der Waals surface area contributed by atoms with Crippen molar-refractivity contribution in [1.29, 1.82) is 0 Å². The molecule has 0 fully saturated rings. The van der Waals surface area contributed by atoms with Gasteiger partial charge in [-0.3, -0.25) is 0 Å². The first-order valence-electron chi connectivity index (χ1n) is 12.6. The van der Waals surface area contributed by atoms with Crippen LogP contribution in [0.15, 0.2) is 60.7 Å². The Balaban J connectivity index is 0.00000480. The van der Waals surface area contributed by atoms with Gasteiger partial charge in [-0.05, 0) is 24.0 Å². The van der Waals surface area contributed by atoms with Crippen LogP contribution in [-0.4, -0.2) is 11.5 Å². The average Bonchev–Trinajstić information content (AvgIpc) is 2.80. The van der Waals surface area contributed by atoms with Gasteiger partial charge in [-0.15, -0.1) is 0 Å². The Bertz CT molecular complexity index is 615. The molecule has 2 heteroatoms. The van der Waals surface area contributed by atoms with Crippen LogP contribution in [0, 0.1) is 0 Å². The van der Waals surface area contributed by atoms with Gasteiger partial charge in [-0.2, -0.15) is 0 Å². The summed E-state index contributed by atoms with van der Waals surface area (Å²) < 4.78 is 0. The summed E-state index contributed by atoms with van der Waals surface area (Å²) in [5.74, 6) is 0. The van der Waals surface area contributed by atoms with Crippen LogP contribution in [0.5, 0.6) is 0 Å². The molecule has 174 valence electrons. The third-order valence-corrected chi connectivity index (χ3v) is 6.89. The molecule has 1 unspecified atom stereocenters. The van der Waals surface area contributed by atoms with E-state index in [9.17, 15) is 0 Å². The van der Waals surface area contributed by atoms with Crippen molar-refractivity contribution in [3.8, 4) is 0 Å². The summed E-state index contributed by atoms with van der Waals surface area (Å²) in [6.07, 6.45) is 17.3. The highest BCUT2D eigenvalue weighted by Gasteiger charge is 2.38. The summed E-state index contributed by atoms with van der Waals surface area (Å²) in [7, 11) is 0. The van der Waals surface area contributed by atoms with E-state index < -0.39 is 0 Å². The maximum atomic E-state index is 6.95. The number of benzene rings is 2. The molecule has 0 bridgehead atoms. The summed E-state index contributed by atoms with van der Waals surface area (Å²) in [6, 6.07) is 22.0. The average molecular weight is 426 g/mol. The number of hydrogen-bond acceptors (Lipinski definition) is 1. The summed E-state index contributed by atoms with van der Waals surface area (Å²) >= 11 is 0. The Morgan fingerprint density at radius 1 is 0.613 bits per heavy atom. The molecule has 2 rings (SSSR count). The molecule has 0 aromatic heterocycles. The predicted molar refractivity (Wildman–Crippen MR) is 137 cm³/mol. The lowest BCUT2D eigenvalue weighted by molar-refractivity contribution is 0.363.